The van der Waals surface area contributed by atoms with Crippen LogP contribution in [0.3, 0.4) is 0 Å². The van der Waals surface area contributed by atoms with Crippen LogP contribution in [0.25, 0.3) is 0 Å². The monoisotopic (exact) mass is 277 g/mol. The van der Waals surface area contributed by atoms with Gasteiger partial charge in [-0.25, -0.2) is 0 Å². The molecule has 2 unspecified atom stereocenters. The minimum absolute atomic E-state index is 0.0551. The molecule has 2 N–H and O–H groups in total. The lowest BCUT2D eigenvalue weighted by Gasteiger charge is -2.22. The third-order valence-corrected chi connectivity index (χ3v) is 3.87. The summed E-state index contributed by atoms with van der Waals surface area (Å²) in [5.41, 5.74) is 0.871. The lowest BCUT2D eigenvalue weighted by atomic mass is 10.0. The molecule has 4 heteroatoms. The number of carbonyl (C=O) groups is 1. The molecular formula is C16H23NO3. The van der Waals surface area contributed by atoms with Crippen LogP contribution < -0.4 is 10.1 Å². The summed E-state index contributed by atoms with van der Waals surface area (Å²) in [4.78, 5) is 12.1. The highest BCUT2D eigenvalue weighted by Gasteiger charge is 2.23. The molecule has 1 aromatic carbocycles. The molecule has 4 nitrogen and oxygen atoms in total. The van der Waals surface area contributed by atoms with Crippen molar-refractivity contribution in [2.45, 2.75) is 50.7 Å². The summed E-state index contributed by atoms with van der Waals surface area (Å²) in [6, 6.07) is 7.41. The van der Waals surface area contributed by atoms with Gasteiger partial charge in [0.05, 0.1) is 25.7 Å². The number of ether oxygens (including phenoxy) is 1. The van der Waals surface area contributed by atoms with E-state index < -0.39 is 6.10 Å². The molecule has 1 saturated carbocycles. The van der Waals surface area contributed by atoms with E-state index in [9.17, 15) is 9.90 Å². The second kappa shape index (κ2) is 7.29. The van der Waals surface area contributed by atoms with Crippen LogP contribution >= 0.6 is 0 Å². The van der Waals surface area contributed by atoms with Crippen molar-refractivity contribution >= 4 is 5.91 Å². The van der Waals surface area contributed by atoms with Crippen molar-refractivity contribution in [2.24, 2.45) is 0 Å². The van der Waals surface area contributed by atoms with Crippen molar-refractivity contribution in [1.29, 1.82) is 0 Å². The number of nitrogens with one attached hydrogen (secondary N) is 1. The number of rotatable bonds is 4. The van der Waals surface area contributed by atoms with Crippen LogP contribution in [0.4, 0.5) is 0 Å². The molecule has 0 spiro atoms. The van der Waals surface area contributed by atoms with Gasteiger partial charge in [-0.3, -0.25) is 4.79 Å². The zero-order valence-electron chi connectivity index (χ0n) is 12.0. The molecule has 0 radical (unpaired) electrons. The van der Waals surface area contributed by atoms with E-state index in [4.69, 9.17) is 4.74 Å². The van der Waals surface area contributed by atoms with Crippen molar-refractivity contribution in [3.8, 4) is 5.75 Å². The van der Waals surface area contributed by atoms with E-state index in [1.165, 1.54) is 0 Å². The van der Waals surface area contributed by atoms with Gasteiger partial charge >= 0.3 is 0 Å². The molecule has 1 aromatic rings. The minimum atomic E-state index is -0.417. The quantitative estimate of drug-likeness (QED) is 0.828. The van der Waals surface area contributed by atoms with Gasteiger partial charge in [-0.15, -0.1) is 0 Å². The normalized spacial score (nSPS) is 22.9. The summed E-state index contributed by atoms with van der Waals surface area (Å²) < 4.78 is 5.25. The zero-order chi connectivity index (χ0) is 14.4. The summed E-state index contributed by atoms with van der Waals surface area (Å²) in [6.07, 6.45) is 4.75. The first-order chi connectivity index (χ1) is 9.70. The summed E-state index contributed by atoms with van der Waals surface area (Å²) in [6.45, 7) is 0. The summed E-state index contributed by atoms with van der Waals surface area (Å²) in [5.74, 6) is 0.671. The van der Waals surface area contributed by atoms with Crippen LogP contribution in [-0.4, -0.2) is 30.3 Å². The number of para-hydroxylation sites is 1. The van der Waals surface area contributed by atoms with Crippen molar-refractivity contribution in [1.82, 2.24) is 5.32 Å². The second-order valence-corrected chi connectivity index (χ2v) is 5.37. The fourth-order valence-electron chi connectivity index (χ4n) is 2.74. The van der Waals surface area contributed by atoms with Crippen molar-refractivity contribution in [3.63, 3.8) is 0 Å². The molecule has 0 heterocycles. The molecule has 1 amide bonds. The Balaban J connectivity index is 1.94. The minimum Gasteiger partial charge on any atom is -0.496 e. The molecule has 0 aromatic heterocycles. The SMILES string of the molecule is COc1ccccc1CC(=O)NC1CCCCCC1O. The van der Waals surface area contributed by atoms with Gasteiger partial charge in [-0.1, -0.05) is 37.5 Å². The largest absolute Gasteiger partial charge is 0.496 e. The van der Waals surface area contributed by atoms with Gasteiger partial charge in [0, 0.05) is 5.56 Å². The first-order valence-corrected chi connectivity index (χ1v) is 7.30. The standard InChI is InChI=1S/C16H23NO3/c1-20-15-10-6-5-7-12(15)11-16(19)17-13-8-3-2-4-9-14(13)18/h5-7,10,13-14,18H,2-4,8-9,11H2,1H3,(H,17,19). The van der Waals surface area contributed by atoms with Crippen molar-refractivity contribution < 1.29 is 14.6 Å². The Hall–Kier alpha value is -1.55. The van der Waals surface area contributed by atoms with Gasteiger partial charge in [0.2, 0.25) is 5.91 Å². The predicted octanol–water partition coefficient (Wildman–Crippen LogP) is 2.05. The van der Waals surface area contributed by atoms with Crippen LogP contribution in [0, 0.1) is 0 Å². The Kier molecular flexibility index (Phi) is 5.41. The summed E-state index contributed by atoms with van der Waals surface area (Å²) in [5, 5.41) is 13.0. The molecule has 0 saturated heterocycles. The average molecular weight is 277 g/mol. The maximum Gasteiger partial charge on any atom is 0.224 e. The molecule has 2 rings (SSSR count). The Labute approximate surface area is 120 Å². The maximum atomic E-state index is 12.1. The Morgan fingerprint density at radius 2 is 2.05 bits per heavy atom. The first-order valence-electron chi connectivity index (χ1n) is 7.30. The highest BCUT2D eigenvalue weighted by molar-refractivity contribution is 5.79. The van der Waals surface area contributed by atoms with E-state index in [0.29, 0.717) is 0 Å². The highest BCUT2D eigenvalue weighted by Crippen LogP contribution is 2.20. The molecular weight excluding hydrogens is 254 g/mol. The third-order valence-electron chi connectivity index (χ3n) is 3.87. The Morgan fingerprint density at radius 1 is 1.30 bits per heavy atom. The Bertz CT molecular complexity index is 447. The number of aliphatic hydroxyl groups excluding tert-OH is 1. The topological polar surface area (TPSA) is 58.6 Å². The maximum absolute atomic E-state index is 12.1. The predicted molar refractivity (Wildman–Crippen MR) is 77.7 cm³/mol. The number of hydrogen-bond acceptors (Lipinski definition) is 3. The molecule has 0 aliphatic heterocycles. The van der Waals surface area contributed by atoms with E-state index in [1.54, 1.807) is 7.11 Å². The number of benzene rings is 1. The average Bonchev–Trinajstić information content (AvgIpc) is 2.65. The van der Waals surface area contributed by atoms with Crippen LogP contribution in [-0.2, 0) is 11.2 Å². The molecule has 1 fully saturated rings. The van der Waals surface area contributed by atoms with Gasteiger partial charge in [0.15, 0.2) is 0 Å². The molecule has 2 atom stereocenters. The molecule has 20 heavy (non-hydrogen) atoms. The summed E-state index contributed by atoms with van der Waals surface area (Å²) in [7, 11) is 1.60. The van der Waals surface area contributed by atoms with Gasteiger partial charge in [-0.05, 0) is 18.9 Å². The number of aliphatic hydroxyl groups is 1. The number of carbonyl (C=O) groups excluding carboxylic acids is 1. The van der Waals surface area contributed by atoms with E-state index in [-0.39, 0.29) is 18.4 Å². The smallest absolute Gasteiger partial charge is 0.224 e. The van der Waals surface area contributed by atoms with Gasteiger partial charge in [-0.2, -0.15) is 0 Å². The second-order valence-electron chi connectivity index (χ2n) is 5.37. The van der Waals surface area contributed by atoms with Crippen LogP contribution in [0.15, 0.2) is 24.3 Å². The highest BCUT2D eigenvalue weighted by atomic mass is 16.5. The summed E-state index contributed by atoms with van der Waals surface area (Å²) >= 11 is 0. The van der Waals surface area contributed by atoms with Crippen molar-refractivity contribution in [3.05, 3.63) is 29.8 Å². The lowest BCUT2D eigenvalue weighted by Crippen LogP contribution is -2.43. The van der Waals surface area contributed by atoms with E-state index in [1.807, 2.05) is 24.3 Å². The van der Waals surface area contributed by atoms with E-state index in [2.05, 4.69) is 5.32 Å². The third kappa shape index (κ3) is 3.97. The van der Waals surface area contributed by atoms with Gasteiger partial charge < -0.3 is 15.2 Å². The fourth-order valence-corrected chi connectivity index (χ4v) is 2.74. The van der Waals surface area contributed by atoms with Gasteiger partial charge in [0.1, 0.15) is 5.75 Å². The molecule has 0 bridgehead atoms. The molecule has 1 aliphatic carbocycles. The first kappa shape index (κ1) is 14.9. The number of hydrogen-bond donors (Lipinski definition) is 2. The zero-order valence-corrected chi connectivity index (χ0v) is 12.0. The fraction of sp³-hybridized carbons (Fsp3) is 0.562. The van der Waals surface area contributed by atoms with Crippen molar-refractivity contribution in [2.75, 3.05) is 7.11 Å². The molecule has 1 aliphatic rings. The van der Waals surface area contributed by atoms with Gasteiger partial charge in [0.25, 0.3) is 0 Å². The van der Waals surface area contributed by atoms with Crippen LogP contribution in [0.5, 0.6) is 5.75 Å². The van der Waals surface area contributed by atoms with E-state index in [0.717, 1.165) is 43.4 Å². The number of methoxy groups -OCH3 is 1. The van der Waals surface area contributed by atoms with E-state index >= 15 is 0 Å². The number of amides is 1. The Morgan fingerprint density at radius 3 is 2.85 bits per heavy atom. The molecule has 110 valence electrons. The van der Waals surface area contributed by atoms with Crippen LogP contribution in [0.2, 0.25) is 0 Å². The van der Waals surface area contributed by atoms with Crippen LogP contribution in [0.1, 0.15) is 37.7 Å². The lowest BCUT2D eigenvalue weighted by molar-refractivity contribution is -0.122.